The number of halogens is 2. The van der Waals surface area contributed by atoms with Crippen LogP contribution in [0, 0.1) is 12.7 Å². The molecule has 0 bridgehead atoms. The number of amides is 1. The number of hydrogen-bond acceptors (Lipinski definition) is 4. The molecule has 0 fully saturated rings. The van der Waals surface area contributed by atoms with Gasteiger partial charge in [0.25, 0.3) is 0 Å². The van der Waals surface area contributed by atoms with E-state index in [1.807, 2.05) is 6.07 Å². The van der Waals surface area contributed by atoms with E-state index in [0.29, 0.717) is 0 Å². The zero-order valence-electron chi connectivity index (χ0n) is 17.4. The number of rotatable bonds is 8. The third-order valence-corrected chi connectivity index (χ3v) is 6.47. The van der Waals surface area contributed by atoms with Gasteiger partial charge in [-0.15, -0.1) is 0 Å². The second-order valence-corrected chi connectivity index (χ2v) is 9.23. The van der Waals surface area contributed by atoms with Crippen LogP contribution in [0.15, 0.2) is 71.6 Å². The number of aryl methyl sites for hydroxylation is 1. The molecule has 0 aromatic heterocycles. The van der Waals surface area contributed by atoms with Gasteiger partial charge in [0, 0.05) is 5.69 Å². The standard InChI is InChI=1S/C23H22ClFN2O4S/c1-15-8-11-21(31-2)22(12-15)32(29,30)27-20(13-16-6-4-3-5-7-16)23(28)26-17-9-10-19(25)18(24)14-17/h3-12,14,20,27H,13H2,1-2H3,(H,26,28). The van der Waals surface area contributed by atoms with Crippen molar-refractivity contribution in [3.8, 4) is 5.75 Å². The van der Waals surface area contributed by atoms with Crippen molar-refractivity contribution in [1.82, 2.24) is 4.72 Å². The summed E-state index contributed by atoms with van der Waals surface area (Å²) in [5.74, 6) is -1.09. The molecular formula is C23H22ClFN2O4S. The lowest BCUT2D eigenvalue weighted by molar-refractivity contribution is -0.117. The molecule has 168 valence electrons. The van der Waals surface area contributed by atoms with E-state index in [-0.39, 0.29) is 27.8 Å². The van der Waals surface area contributed by atoms with E-state index in [2.05, 4.69) is 10.0 Å². The van der Waals surface area contributed by atoms with Crippen LogP contribution in [0.25, 0.3) is 0 Å². The number of sulfonamides is 1. The molecule has 0 aliphatic carbocycles. The van der Waals surface area contributed by atoms with E-state index in [1.165, 1.54) is 25.3 Å². The van der Waals surface area contributed by atoms with Crippen LogP contribution in [0.1, 0.15) is 11.1 Å². The second-order valence-electron chi connectivity index (χ2n) is 7.14. The van der Waals surface area contributed by atoms with Crippen LogP contribution in [0.2, 0.25) is 5.02 Å². The van der Waals surface area contributed by atoms with Gasteiger partial charge < -0.3 is 10.1 Å². The van der Waals surface area contributed by atoms with Gasteiger partial charge in [-0.25, -0.2) is 12.8 Å². The molecule has 2 N–H and O–H groups in total. The number of ether oxygens (including phenoxy) is 1. The molecule has 6 nitrogen and oxygen atoms in total. The maximum absolute atomic E-state index is 13.4. The molecule has 0 aliphatic heterocycles. The van der Waals surface area contributed by atoms with Gasteiger partial charge in [-0.1, -0.05) is 48.0 Å². The zero-order valence-corrected chi connectivity index (χ0v) is 19.0. The minimum atomic E-state index is -4.12. The molecule has 1 amide bonds. The molecule has 9 heteroatoms. The highest BCUT2D eigenvalue weighted by atomic mass is 35.5. The van der Waals surface area contributed by atoms with Crippen molar-refractivity contribution >= 4 is 33.2 Å². The predicted molar refractivity (Wildman–Crippen MR) is 122 cm³/mol. The smallest absolute Gasteiger partial charge is 0.245 e. The molecule has 0 heterocycles. The third kappa shape index (κ3) is 5.85. The Balaban J connectivity index is 1.92. The number of benzene rings is 3. The van der Waals surface area contributed by atoms with Crippen LogP contribution in [-0.2, 0) is 21.2 Å². The minimum absolute atomic E-state index is 0.0734. The molecule has 0 spiro atoms. The van der Waals surface area contributed by atoms with Crippen LogP contribution in [-0.4, -0.2) is 27.5 Å². The average Bonchev–Trinajstić information content (AvgIpc) is 2.76. The molecule has 3 rings (SSSR count). The highest BCUT2D eigenvalue weighted by Gasteiger charge is 2.28. The van der Waals surface area contributed by atoms with Gasteiger partial charge in [0.2, 0.25) is 15.9 Å². The largest absolute Gasteiger partial charge is 0.495 e. The van der Waals surface area contributed by atoms with Gasteiger partial charge in [0.15, 0.2) is 0 Å². The van der Waals surface area contributed by atoms with Crippen molar-refractivity contribution < 1.29 is 22.3 Å². The zero-order chi connectivity index (χ0) is 23.3. The Bertz CT molecular complexity index is 1220. The predicted octanol–water partition coefficient (Wildman–Crippen LogP) is 4.32. The summed E-state index contributed by atoms with van der Waals surface area (Å²) in [6, 6.07) is 16.3. The van der Waals surface area contributed by atoms with Gasteiger partial charge in [-0.3, -0.25) is 4.79 Å². The third-order valence-electron chi connectivity index (χ3n) is 4.69. The van der Waals surface area contributed by atoms with Crippen molar-refractivity contribution in [3.63, 3.8) is 0 Å². The Morgan fingerprint density at radius 3 is 2.47 bits per heavy atom. The molecule has 32 heavy (non-hydrogen) atoms. The first-order chi connectivity index (χ1) is 15.2. The summed E-state index contributed by atoms with van der Waals surface area (Å²) in [4.78, 5) is 13.0. The van der Waals surface area contributed by atoms with Crippen molar-refractivity contribution in [3.05, 3.63) is 88.7 Å². The monoisotopic (exact) mass is 476 g/mol. The van der Waals surface area contributed by atoms with Gasteiger partial charge in [-0.2, -0.15) is 4.72 Å². The van der Waals surface area contributed by atoms with Crippen molar-refractivity contribution in [2.24, 2.45) is 0 Å². The normalized spacial score (nSPS) is 12.2. The van der Waals surface area contributed by atoms with Crippen LogP contribution >= 0.6 is 11.6 Å². The summed E-state index contributed by atoms with van der Waals surface area (Å²) in [5, 5.41) is 2.44. The molecule has 3 aromatic rings. The molecule has 3 aromatic carbocycles. The minimum Gasteiger partial charge on any atom is -0.495 e. The maximum atomic E-state index is 13.4. The summed E-state index contributed by atoms with van der Waals surface area (Å²) >= 11 is 5.79. The van der Waals surface area contributed by atoms with Gasteiger partial charge in [0.1, 0.15) is 22.5 Å². The molecule has 0 saturated heterocycles. The molecular weight excluding hydrogens is 455 g/mol. The average molecular weight is 477 g/mol. The van der Waals surface area contributed by atoms with E-state index in [1.54, 1.807) is 43.3 Å². The van der Waals surface area contributed by atoms with E-state index >= 15 is 0 Å². The van der Waals surface area contributed by atoms with E-state index in [9.17, 15) is 17.6 Å². The Kier molecular flexibility index (Phi) is 7.50. The van der Waals surface area contributed by atoms with Crippen LogP contribution in [0.5, 0.6) is 5.75 Å². The second kappa shape index (κ2) is 10.1. The summed E-state index contributed by atoms with van der Waals surface area (Å²) in [6.45, 7) is 1.75. The number of hydrogen-bond donors (Lipinski definition) is 2. The van der Waals surface area contributed by atoms with Crippen molar-refractivity contribution in [1.29, 1.82) is 0 Å². The van der Waals surface area contributed by atoms with E-state index in [4.69, 9.17) is 16.3 Å². The first-order valence-corrected chi connectivity index (χ1v) is 11.5. The number of anilines is 1. The lowest BCUT2D eigenvalue weighted by Gasteiger charge is -2.20. The van der Waals surface area contributed by atoms with E-state index < -0.39 is 27.8 Å². The Morgan fingerprint density at radius 1 is 1.09 bits per heavy atom. The fourth-order valence-electron chi connectivity index (χ4n) is 3.09. The van der Waals surface area contributed by atoms with Crippen molar-refractivity contribution in [2.45, 2.75) is 24.3 Å². The van der Waals surface area contributed by atoms with Crippen LogP contribution in [0.4, 0.5) is 10.1 Å². The quantitative estimate of drug-likeness (QED) is 0.507. The maximum Gasteiger partial charge on any atom is 0.245 e. The Hall–Kier alpha value is -2.94. The molecule has 0 aliphatic rings. The van der Waals surface area contributed by atoms with Crippen LogP contribution in [0.3, 0.4) is 0 Å². The molecule has 1 atom stereocenters. The highest BCUT2D eigenvalue weighted by molar-refractivity contribution is 7.89. The van der Waals surface area contributed by atoms with Gasteiger partial charge in [0.05, 0.1) is 12.1 Å². The molecule has 0 saturated carbocycles. The number of carbonyl (C=O) groups excluding carboxylic acids is 1. The number of carbonyl (C=O) groups is 1. The summed E-state index contributed by atoms with van der Waals surface area (Å²) in [6.07, 6.45) is 0.0922. The first kappa shape index (κ1) is 23.7. The van der Waals surface area contributed by atoms with E-state index in [0.717, 1.165) is 17.2 Å². The fourth-order valence-corrected chi connectivity index (χ4v) is 4.72. The van der Waals surface area contributed by atoms with Gasteiger partial charge >= 0.3 is 0 Å². The van der Waals surface area contributed by atoms with Gasteiger partial charge in [-0.05, 0) is 54.8 Å². The molecule has 0 radical (unpaired) electrons. The summed E-state index contributed by atoms with van der Waals surface area (Å²) in [5.41, 5.74) is 1.71. The number of methoxy groups -OCH3 is 1. The molecule has 1 unspecified atom stereocenters. The summed E-state index contributed by atoms with van der Waals surface area (Å²) < 4.78 is 47.5. The fraction of sp³-hybridized carbons (Fsp3) is 0.174. The SMILES string of the molecule is COc1ccc(C)cc1S(=O)(=O)NC(Cc1ccccc1)C(=O)Nc1ccc(F)c(Cl)c1. The lowest BCUT2D eigenvalue weighted by Crippen LogP contribution is -2.45. The first-order valence-electron chi connectivity index (χ1n) is 9.66. The Morgan fingerprint density at radius 2 is 1.81 bits per heavy atom. The van der Waals surface area contributed by atoms with Crippen molar-refractivity contribution in [2.75, 3.05) is 12.4 Å². The number of nitrogens with one attached hydrogen (secondary N) is 2. The lowest BCUT2D eigenvalue weighted by atomic mass is 10.1. The Labute approximate surface area is 191 Å². The highest BCUT2D eigenvalue weighted by Crippen LogP contribution is 2.25. The topological polar surface area (TPSA) is 84.5 Å². The summed E-state index contributed by atoms with van der Waals surface area (Å²) in [7, 11) is -2.75. The van der Waals surface area contributed by atoms with Crippen LogP contribution < -0.4 is 14.8 Å².